The fourth-order valence-corrected chi connectivity index (χ4v) is 2.49. The van der Waals surface area contributed by atoms with Crippen LogP contribution in [0.1, 0.15) is 22.6 Å². The molecule has 68 valence electrons. The lowest BCUT2D eigenvalue weighted by molar-refractivity contribution is -0.526. The van der Waals surface area contributed by atoms with E-state index in [0.717, 1.165) is 10.7 Å². The molecule has 0 spiro atoms. The van der Waals surface area contributed by atoms with E-state index < -0.39 is 0 Å². The predicted octanol–water partition coefficient (Wildman–Crippen LogP) is 2.12. The molecule has 0 radical (unpaired) electrons. The third-order valence-corrected chi connectivity index (χ3v) is 3.51. The lowest BCUT2D eigenvalue weighted by Crippen LogP contribution is -2.29. The van der Waals surface area contributed by atoms with Gasteiger partial charge in [-0.3, -0.25) is 0 Å². The van der Waals surface area contributed by atoms with Crippen molar-refractivity contribution in [2.45, 2.75) is 27.7 Å². The second-order valence-corrected chi connectivity index (χ2v) is 4.24. The van der Waals surface area contributed by atoms with Gasteiger partial charge in [0.25, 0.3) is 0 Å². The summed E-state index contributed by atoms with van der Waals surface area (Å²) in [6.07, 6.45) is 0. The normalized spacial score (nSPS) is 11.1. The molecule has 0 aliphatic heterocycles. The summed E-state index contributed by atoms with van der Waals surface area (Å²) in [6, 6.07) is 0. The molecule has 0 bridgehead atoms. The van der Waals surface area contributed by atoms with E-state index in [1.54, 1.807) is 11.3 Å². The van der Waals surface area contributed by atoms with Gasteiger partial charge in [0, 0.05) is 17.9 Å². The third-order valence-electron chi connectivity index (χ3n) is 2.56. The van der Waals surface area contributed by atoms with Gasteiger partial charge in [-0.25, -0.2) is 0 Å². The maximum Gasteiger partial charge on any atom is 0.387 e. The van der Waals surface area contributed by atoms with Crippen molar-refractivity contribution in [1.82, 2.24) is 4.98 Å². The minimum absolute atomic E-state index is 1.10. The molecule has 0 saturated carbocycles. The Morgan fingerprint density at radius 1 is 1.23 bits per heavy atom. The minimum Gasteiger partial charge on any atom is -0.188 e. The van der Waals surface area contributed by atoms with Crippen LogP contribution in [-0.2, 0) is 0 Å². The summed E-state index contributed by atoms with van der Waals surface area (Å²) in [6.45, 7) is 8.46. The van der Waals surface area contributed by atoms with Crippen LogP contribution >= 0.6 is 11.3 Å². The topological polar surface area (TPSA) is 17.0 Å². The van der Waals surface area contributed by atoms with E-state index in [-0.39, 0.29) is 0 Å². The van der Waals surface area contributed by atoms with Crippen molar-refractivity contribution in [3.8, 4) is 0 Å². The first kappa shape index (κ1) is 8.63. The number of thiazole rings is 1. The Morgan fingerprint density at radius 2 is 1.92 bits per heavy atom. The van der Waals surface area contributed by atoms with E-state index in [0.29, 0.717) is 0 Å². The predicted molar refractivity (Wildman–Crippen MR) is 54.2 cm³/mol. The molecule has 0 fully saturated rings. The van der Waals surface area contributed by atoms with Gasteiger partial charge in [0.05, 0.1) is 0 Å². The number of rotatable bonds is 0. The molecule has 0 aliphatic carbocycles. The monoisotopic (exact) mass is 193 g/mol. The van der Waals surface area contributed by atoms with E-state index in [4.69, 9.17) is 0 Å². The maximum atomic E-state index is 4.54. The van der Waals surface area contributed by atoms with Crippen molar-refractivity contribution in [3.63, 3.8) is 0 Å². The standard InChI is InChI=1S/C10H13N2S/c1-6-5-13-10-11-8(3)7(2)9(4)12(6)10/h5H,1-4H3/q+1. The summed E-state index contributed by atoms with van der Waals surface area (Å²) >= 11 is 1.70. The van der Waals surface area contributed by atoms with Gasteiger partial charge in [-0.05, 0) is 25.8 Å². The Hall–Kier alpha value is -0.960. The molecular weight excluding hydrogens is 180 g/mol. The van der Waals surface area contributed by atoms with Crippen LogP contribution in [0.15, 0.2) is 5.38 Å². The van der Waals surface area contributed by atoms with Gasteiger partial charge in [0.1, 0.15) is 11.4 Å². The minimum atomic E-state index is 1.10. The first-order chi connectivity index (χ1) is 6.11. The van der Waals surface area contributed by atoms with E-state index in [2.05, 4.69) is 42.5 Å². The molecule has 2 nitrogen and oxygen atoms in total. The quantitative estimate of drug-likeness (QED) is 0.586. The smallest absolute Gasteiger partial charge is 0.188 e. The molecule has 0 unspecified atom stereocenters. The highest BCUT2D eigenvalue weighted by Gasteiger charge is 2.16. The molecule has 3 heteroatoms. The zero-order valence-corrected chi connectivity index (χ0v) is 9.20. The van der Waals surface area contributed by atoms with Crippen LogP contribution in [0.3, 0.4) is 0 Å². The highest BCUT2D eigenvalue weighted by molar-refractivity contribution is 7.14. The van der Waals surface area contributed by atoms with Gasteiger partial charge in [0.2, 0.25) is 0 Å². The summed E-state index contributed by atoms with van der Waals surface area (Å²) in [5.74, 6) is 0. The number of aryl methyl sites for hydroxylation is 3. The van der Waals surface area contributed by atoms with Crippen LogP contribution in [0.4, 0.5) is 0 Å². The molecule has 0 atom stereocenters. The lowest BCUT2D eigenvalue weighted by Gasteiger charge is -1.98. The van der Waals surface area contributed by atoms with Crippen molar-refractivity contribution in [2.24, 2.45) is 0 Å². The first-order valence-corrected chi connectivity index (χ1v) is 5.23. The molecule has 0 aromatic carbocycles. The SMILES string of the molecule is Cc1nc2scc(C)[n+]2c(C)c1C. The largest absolute Gasteiger partial charge is 0.387 e. The van der Waals surface area contributed by atoms with E-state index >= 15 is 0 Å². The van der Waals surface area contributed by atoms with Gasteiger partial charge >= 0.3 is 4.96 Å². The molecule has 0 aliphatic rings. The lowest BCUT2D eigenvalue weighted by atomic mass is 10.2. The number of hydrogen-bond acceptors (Lipinski definition) is 2. The van der Waals surface area contributed by atoms with Gasteiger partial charge in [-0.2, -0.15) is 4.40 Å². The second kappa shape index (κ2) is 2.77. The maximum absolute atomic E-state index is 4.54. The molecule has 0 saturated heterocycles. The molecule has 0 N–H and O–H groups in total. The molecule has 13 heavy (non-hydrogen) atoms. The van der Waals surface area contributed by atoms with Crippen molar-refractivity contribution >= 4 is 16.3 Å². The van der Waals surface area contributed by atoms with Gasteiger partial charge in [-0.15, -0.1) is 0 Å². The number of aromatic nitrogens is 2. The van der Waals surface area contributed by atoms with Gasteiger partial charge in [0.15, 0.2) is 5.69 Å². The van der Waals surface area contributed by atoms with Gasteiger partial charge < -0.3 is 0 Å². The molecule has 2 aromatic heterocycles. The summed E-state index contributed by atoms with van der Waals surface area (Å²) in [7, 11) is 0. The Bertz CT molecular complexity index is 471. The van der Waals surface area contributed by atoms with Gasteiger partial charge in [-0.1, -0.05) is 11.3 Å². The van der Waals surface area contributed by atoms with Crippen LogP contribution in [-0.4, -0.2) is 4.98 Å². The van der Waals surface area contributed by atoms with E-state index in [1.165, 1.54) is 17.0 Å². The summed E-state index contributed by atoms with van der Waals surface area (Å²) < 4.78 is 2.22. The summed E-state index contributed by atoms with van der Waals surface area (Å²) in [4.78, 5) is 5.63. The van der Waals surface area contributed by atoms with E-state index in [9.17, 15) is 0 Å². The summed E-state index contributed by atoms with van der Waals surface area (Å²) in [5, 5.41) is 2.15. The molecule has 0 amide bonds. The fourth-order valence-electron chi connectivity index (χ4n) is 1.54. The van der Waals surface area contributed by atoms with Crippen molar-refractivity contribution in [2.75, 3.05) is 0 Å². The van der Waals surface area contributed by atoms with Crippen LogP contribution in [0.5, 0.6) is 0 Å². The number of hydrogen-bond donors (Lipinski definition) is 0. The molecule has 2 aromatic rings. The molecule has 2 rings (SSSR count). The Balaban J connectivity index is 2.97. The Morgan fingerprint density at radius 3 is 2.62 bits per heavy atom. The second-order valence-electron chi connectivity index (χ2n) is 3.40. The van der Waals surface area contributed by atoms with Crippen LogP contribution < -0.4 is 4.40 Å². The van der Waals surface area contributed by atoms with Crippen molar-refractivity contribution in [1.29, 1.82) is 0 Å². The van der Waals surface area contributed by atoms with Crippen LogP contribution in [0, 0.1) is 27.7 Å². The number of fused-ring (bicyclic) bond motifs is 1. The fraction of sp³-hybridized carbons (Fsp3) is 0.400. The third kappa shape index (κ3) is 1.15. The summed E-state index contributed by atoms with van der Waals surface area (Å²) in [5.41, 5.74) is 5.01. The Kier molecular flexibility index (Phi) is 1.84. The van der Waals surface area contributed by atoms with E-state index in [1.807, 2.05) is 0 Å². The zero-order chi connectivity index (χ0) is 9.59. The molecule has 2 heterocycles. The highest BCUT2D eigenvalue weighted by atomic mass is 32.1. The number of nitrogens with zero attached hydrogens (tertiary/aromatic N) is 2. The highest BCUT2D eigenvalue weighted by Crippen LogP contribution is 2.13. The zero-order valence-electron chi connectivity index (χ0n) is 8.38. The average molecular weight is 193 g/mol. The van der Waals surface area contributed by atoms with Crippen LogP contribution in [0.25, 0.3) is 4.96 Å². The van der Waals surface area contributed by atoms with Crippen LogP contribution in [0.2, 0.25) is 0 Å². The first-order valence-electron chi connectivity index (χ1n) is 4.35. The Labute approximate surface area is 81.9 Å². The average Bonchev–Trinajstić information content (AvgIpc) is 2.43. The van der Waals surface area contributed by atoms with Crippen molar-refractivity contribution in [3.05, 3.63) is 28.0 Å². The van der Waals surface area contributed by atoms with Crippen molar-refractivity contribution < 1.29 is 4.40 Å². The molecular formula is C10H13N2S+.